The number of aromatic amines is 1. The summed E-state index contributed by atoms with van der Waals surface area (Å²) in [4.78, 5) is 12.3. The van der Waals surface area contributed by atoms with Crippen LogP contribution in [0.15, 0.2) is 42.7 Å². The molecule has 3 unspecified atom stereocenters. The minimum atomic E-state index is -0.292. The van der Waals surface area contributed by atoms with E-state index in [4.69, 9.17) is 9.72 Å². The Hall–Kier alpha value is -2.48. The van der Waals surface area contributed by atoms with Crippen molar-refractivity contribution >= 4 is 37.7 Å². The second-order valence-electron chi connectivity index (χ2n) is 7.61. The van der Waals surface area contributed by atoms with Gasteiger partial charge in [0.1, 0.15) is 11.8 Å². The third kappa shape index (κ3) is 3.50. The molecule has 5 rings (SSSR count). The van der Waals surface area contributed by atoms with Gasteiger partial charge in [-0.2, -0.15) is 0 Å². The number of H-pyrrole nitrogens is 1. The third-order valence-corrected chi connectivity index (χ3v) is 6.70. The number of rotatable bonds is 5. The summed E-state index contributed by atoms with van der Waals surface area (Å²) in [5.41, 5.74) is 3.98. The van der Waals surface area contributed by atoms with Gasteiger partial charge < -0.3 is 20.1 Å². The normalized spacial score (nSPS) is 20.9. The molecule has 3 aromatic heterocycles. The average Bonchev–Trinajstić information content (AvgIpc) is 3.34. The van der Waals surface area contributed by atoms with Gasteiger partial charge in [0.15, 0.2) is 5.13 Å². The number of anilines is 1. The van der Waals surface area contributed by atoms with Crippen LogP contribution < -0.4 is 5.32 Å². The quantitative estimate of drug-likeness (QED) is 0.449. The van der Waals surface area contributed by atoms with Gasteiger partial charge in [0.2, 0.25) is 0 Å². The Morgan fingerprint density at radius 3 is 3.03 bits per heavy atom. The molecule has 1 aliphatic carbocycles. The fraction of sp³-hybridized carbons (Fsp3) is 0.364. The lowest BCUT2D eigenvalue weighted by atomic mass is 9.93. The van der Waals surface area contributed by atoms with Crippen molar-refractivity contribution in [2.75, 3.05) is 12.4 Å². The summed E-state index contributed by atoms with van der Waals surface area (Å²) in [6.45, 7) is 0. The van der Waals surface area contributed by atoms with Crippen LogP contribution in [0, 0.1) is 0 Å². The molecule has 0 amide bonds. The number of aromatic nitrogens is 3. The molecule has 4 aromatic rings. The lowest BCUT2D eigenvalue weighted by molar-refractivity contribution is 0.116. The minimum absolute atomic E-state index is 0.0919. The van der Waals surface area contributed by atoms with Gasteiger partial charge in [-0.25, -0.2) is 9.97 Å². The SMILES string of the molecule is COC(c1ccc2nc(NC3CCCCC3O)sc2c1)c1c[nH]c2ncccc12. The Balaban J connectivity index is 1.45. The van der Waals surface area contributed by atoms with Crippen LogP contribution in [0.5, 0.6) is 0 Å². The summed E-state index contributed by atoms with van der Waals surface area (Å²) in [6, 6.07) is 10.4. The summed E-state index contributed by atoms with van der Waals surface area (Å²) >= 11 is 1.63. The molecular formula is C22H24N4O2S. The second kappa shape index (κ2) is 7.74. The first kappa shape index (κ1) is 18.5. The molecule has 150 valence electrons. The van der Waals surface area contributed by atoms with Crippen LogP contribution in [0.1, 0.15) is 42.9 Å². The Kier molecular flexibility index (Phi) is 4.95. The smallest absolute Gasteiger partial charge is 0.184 e. The standard InChI is InChI=1S/C22H24N4O2S/c1-28-20(15-12-24-21-14(15)5-4-10-23-21)13-8-9-17-19(11-13)29-22(26-17)25-16-6-2-3-7-18(16)27/h4-5,8-12,16,18,20,27H,2-3,6-7H2,1H3,(H,23,24)(H,25,26). The molecule has 0 bridgehead atoms. The van der Waals surface area contributed by atoms with Crippen LogP contribution >= 0.6 is 11.3 Å². The number of benzene rings is 1. The number of hydrogen-bond donors (Lipinski definition) is 3. The van der Waals surface area contributed by atoms with Gasteiger partial charge in [-0.15, -0.1) is 0 Å². The molecule has 1 aliphatic rings. The summed E-state index contributed by atoms with van der Waals surface area (Å²) in [7, 11) is 1.73. The number of fused-ring (bicyclic) bond motifs is 2. The lowest BCUT2D eigenvalue weighted by Crippen LogP contribution is -2.36. The average molecular weight is 409 g/mol. The minimum Gasteiger partial charge on any atom is -0.391 e. The van der Waals surface area contributed by atoms with Crippen molar-refractivity contribution in [1.82, 2.24) is 15.0 Å². The number of hydrogen-bond acceptors (Lipinski definition) is 6. The van der Waals surface area contributed by atoms with E-state index in [1.807, 2.05) is 18.3 Å². The second-order valence-corrected chi connectivity index (χ2v) is 8.64. The fourth-order valence-corrected chi connectivity index (χ4v) is 5.22. The maximum absolute atomic E-state index is 10.2. The fourth-order valence-electron chi connectivity index (χ4n) is 4.24. The van der Waals surface area contributed by atoms with Crippen LogP contribution in [0.4, 0.5) is 5.13 Å². The number of aliphatic hydroxyl groups is 1. The molecule has 29 heavy (non-hydrogen) atoms. The van der Waals surface area contributed by atoms with Crippen molar-refractivity contribution in [2.24, 2.45) is 0 Å². The van der Waals surface area contributed by atoms with Crippen molar-refractivity contribution in [3.8, 4) is 0 Å². The van der Waals surface area contributed by atoms with Crippen LogP contribution in [0.3, 0.4) is 0 Å². The number of methoxy groups -OCH3 is 1. The molecule has 1 fully saturated rings. The van der Waals surface area contributed by atoms with Crippen molar-refractivity contribution in [2.45, 2.75) is 43.9 Å². The highest BCUT2D eigenvalue weighted by Gasteiger charge is 2.24. The van der Waals surface area contributed by atoms with E-state index in [2.05, 4.69) is 33.5 Å². The van der Waals surface area contributed by atoms with Crippen LogP contribution in [0.2, 0.25) is 0 Å². The van der Waals surface area contributed by atoms with E-state index < -0.39 is 0 Å². The van der Waals surface area contributed by atoms with Crippen molar-refractivity contribution in [3.05, 3.63) is 53.9 Å². The molecule has 0 saturated heterocycles. The van der Waals surface area contributed by atoms with E-state index in [9.17, 15) is 5.11 Å². The van der Waals surface area contributed by atoms with Gasteiger partial charge in [-0.1, -0.05) is 30.2 Å². The highest BCUT2D eigenvalue weighted by molar-refractivity contribution is 7.22. The summed E-state index contributed by atoms with van der Waals surface area (Å²) in [5.74, 6) is 0. The largest absolute Gasteiger partial charge is 0.391 e. The molecule has 1 saturated carbocycles. The predicted molar refractivity (Wildman–Crippen MR) is 116 cm³/mol. The van der Waals surface area contributed by atoms with Crippen LogP contribution in [-0.4, -0.2) is 39.3 Å². The molecule has 3 heterocycles. The van der Waals surface area contributed by atoms with E-state index in [0.29, 0.717) is 0 Å². The first-order valence-corrected chi connectivity index (χ1v) is 10.8. The highest BCUT2D eigenvalue weighted by atomic mass is 32.1. The number of nitrogens with one attached hydrogen (secondary N) is 2. The van der Waals surface area contributed by atoms with Crippen molar-refractivity contribution < 1.29 is 9.84 Å². The monoisotopic (exact) mass is 408 g/mol. The number of ether oxygens (including phenoxy) is 1. The van der Waals surface area contributed by atoms with E-state index >= 15 is 0 Å². The molecule has 6 nitrogen and oxygen atoms in total. The summed E-state index contributed by atoms with van der Waals surface area (Å²) in [5, 5.41) is 15.6. The maximum Gasteiger partial charge on any atom is 0.184 e. The molecule has 7 heteroatoms. The van der Waals surface area contributed by atoms with Gasteiger partial charge in [0.05, 0.1) is 22.4 Å². The molecule has 3 N–H and O–H groups in total. The van der Waals surface area contributed by atoms with Crippen LogP contribution in [0.25, 0.3) is 21.3 Å². The number of nitrogens with zero attached hydrogens (tertiary/aromatic N) is 2. The summed E-state index contributed by atoms with van der Waals surface area (Å²) < 4.78 is 6.97. The Morgan fingerprint density at radius 1 is 1.28 bits per heavy atom. The molecular weight excluding hydrogens is 384 g/mol. The van der Waals surface area contributed by atoms with E-state index in [1.165, 1.54) is 0 Å². The van der Waals surface area contributed by atoms with Gasteiger partial charge in [0, 0.05) is 30.5 Å². The predicted octanol–water partition coefficient (Wildman–Crippen LogP) is 4.62. The Bertz CT molecular complexity index is 1140. The van der Waals surface area contributed by atoms with Gasteiger partial charge >= 0.3 is 0 Å². The van der Waals surface area contributed by atoms with E-state index in [-0.39, 0.29) is 18.2 Å². The van der Waals surface area contributed by atoms with Gasteiger partial charge in [-0.05, 0) is 42.7 Å². The molecule has 0 radical (unpaired) electrons. The highest BCUT2D eigenvalue weighted by Crippen LogP contribution is 2.35. The molecule has 0 aliphatic heterocycles. The summed E-state index contributed by atoms with van der Waals surface area (Å²) in [6.07, 6.45) is 7.38. The number of pyridine rings is 1. The van der Waals surface area contributed by atoms with Gasteiger partial charge in [-0.3, -0.25) is 0 Å². The first-order valence-electron chi connectivity index (χ1n) is 10.0. The number of aliphatic hydroxyl groups excluding tert-OH is 1. The number of thiazole rings is 1. The van der Waals surface area contributed by atoms with E-state index in [1.54, 1.807) is 24.6 Å². The molecule has 0 spiro atoms. The van der Waals surface area contributed by atoms with Crippen molar-refractivity contribution in [1.29, 1.82) is 0 Å². The topological polar surface area (TPSA) is 83.1 Å². The lowest BCUT2D eigenvalue weighted by Gasteiger charge is -2.27. The van der Waals surface area contributed by atoms with Crippen molar-refractivity contribution in [3.63, 3.8) is 0 Å². The molecule has 1 aromatic carbocycles. The Labute approximate surface area is 173 Å². The zero-order valence-corrected chi connectivity index (χ0v) is 17.1. The first-order chi connectivity index (χ1) is 14.2. The van der Waals surface area contributed by atoms with E-state index in [0.717, 1.165) is 63.2 Å². The zero-order chi connectivity index (χ0) is 19.8. The maximum atomic E-state index is 10.2. The Morgan fingerprint density at radius 2 is 2.17 bits per heavy atom. The van der Waals surface area contributed by atoms with Gasteiger partial charge in [0.25, 0.3) is 0 Å². The van der Waals surface area contributed by atoms with Crippen LogP contribution in [-0.2, 0) is 4.74 Å². The third-order valence-electron chi connectivity index (χ3n) is 5.75. The zero-order valence-electron chi connectivity index (χ0n) is 16.3. The molecule has 3 atom stereocenters.